The molecule has 0 saturated carbocycles. The van der Waals surface area contributed by atoms with Gasteiger partial charge in [-0.15, -0.1) is 0 Å². The Morgan fingerprint density at radius 3 is 2.28 bits per heavy atom. The van der Waals surface area contributed by atoms with Crippen LogP contribution in [0.3, 0.4) is 0 Å². The minimum atomic E-state index is -1.62. The van der Waals surface area contributed by atoms with Crippen LogP contribution in [0.15, 0.2) is 30.5 Å². The number of carbonyl (C=O) groups is 1. The molecule has 1 N–H and O–H groups in total. The lowest BCUT2D eigenvalue weighted by Crippen LogP contribution is -2.26. The zero-order valence-corrected chi connectivity index (χ0v) is 14.2. The van der Waals surface area contributed by atoms with Crippen LogP contribution in [0.4, 0.5) is 24.7 Å². The van der Waals surface area contributed by atoms with Crippen LogP contribution in [0.25, 0.3) is 0 Å². The van der Waals surface area contributed by atoms with Crippen LogP contribution < -0.4 is 10.2 Å². The summed E-state index contributed by atoms with van der Waals surface area (Å²) in [6.45, 7) is 5.85. The number of rotatable bonds is 7. The summed E-state index contributed by atoms with van der Waals surface area (Å²) in [5, 5.41) is 2.22. The fourth-order valence-electron chi connectivity index (χ4n) is 2.41. The number of nitrogens with one attached hydrogen (secondary N) is 1. The molecule has 0 spiro atoms. The summed E-state index contributed by atoms with van der Waals surface area (Å²) in [5.41, 5.74) is -0.229. The summed E-state index contributed by atoms with van der Waals surface area (Å²) >= 11 is 0. The highest BCUT2D eigenvalue weighted by Crippen LogP contribution is 2.20. The van der Waals surface area contributed by atoms with E-state index in [0.717, 1.165) is 43.9 Å². The van der Waals surface area contributed by atoms with E-state index < -0.39 is 29.0 Å². The van der Waals surface area contributed by atoms with Crippen molar-refractivity contribution < 1.29 is 18.0 Å². The largest absolute Gasteiger partial charge is 0.357 e. The van der Waals surface area contributed by atoms with Gasteiger partial charge in [0.15, 0.2) is 17.5 Å². The van der Waals surface area contributed by atoms with E-state index in [0.29, 0.717) is 0 Å². The molecule has 1 amide bonds. The maximum atomic E-state index is 13.6. The molecule has 0 saturated heterocycles. The van der Waals surface area contributed by atoms with Gasteiger partial charge in [-0.2, -0.15) is 0 Å². The fourth-order valence-corrected chi connectivity index (χ4v) is 2.41. The minimum Gasteiger partial charge on any atom is -0.357 e. The SMILES string of the molecule is CCCN(CCC)c1ccc(C(=O)Nc2ccc(F)c(F)c2F)cn1. The van der Waals surface area contributed by atoms with Crippen LogP contribution in [0.2, 0.25) is 0 Å². The molecule has 4 nitrogen and oxygen atoms in total. The van der Waals surface area contributed by atoms with Gasteiger partial charge >= 0.3 is 0 Å². The summed E-state index contributed by atoms with van der Waals surface area (Å²) < 4.78 is 39.8. The van der Waals surface area contributed by atoms with E-state index in [1.807, 2.05) is 0 Å². The average molecular weight is 351 g/mol. The van der Waals surface area contributed by atoms with Crippen molar-refractivity contribution in [3.05, 3.63) is 53.5 Å². The summed E-state index contributed by atoms with van der Waals surface area (Å²) in [7, 11) is 0. The lowest BCUT2D eigenvalue weighted by Gasteiger charge is -2.22. The van der Waals surface area contributed by atoms with Gasteiger partial charge in [-0.1, -0.05) is 13.8 Å². The second-order valence-electron chi connectivity index (χ2n) is 5.57. The van der Waals surface area contributed by atoms with Gasteiger partial charge in [0.25, 0.3) is 5.91 Å². The van der Waals surface area contributed by atoms with E-state index in [2.05, 4.69) is 29.0 Å². The predicted molar refractivity (Wildman–Crippen MR) is 91.3 cm³/mol. The van der Waals surface area contributed by atoms with Gasteiger partial charge < -0.3 is 10.2 Å². The zero-order chi connectivity index (χ0) is 18.4. The van der Waals surface area contributed by atoms with Crippen LogP contribution in [-0.2, 0) is 0 Å². The highest BCUT2D eigenvalue weighted by atomic mass is 19.2. The molecular formula is C18H20F3N3O. The first kappa shape index (κ1) is 18.8. The molecule has 0 aliphatic rings. The molecule has 25 heavy (non-hydrogen) atoms. The number of aromatic nitrogens is 1. The highest BCUT2D eigenvalue weighted by molar-refractivity contribution is 6.04. The molecule has 0 aliphatic heterocycles. The predicted octanol–water partition coefficient (Wildman–Crippen LogP) is 4.38. The Morgan fingerprint density at radius 1 is 1.04 bits per heavy atom. The van der Waals surface area contributed by atoms with Crippen molar-refractivity contribution in [2.45, 2.75) is 26.7 Å². The van der Waals surface area contributed by atoms with Gasteiger partial charge in [0.2, 0.25) is 0 Å². The lowest BCUT2D eigenvalue weighted by molar-refractivity contribution is 0.102. The van der Waals surface area contributed by atoms with Gasteiger partial charge in [0, 0.05) is 19.3 Å². The maximum Gasteiger partial charge on any atom is 0.257 e. The van der Waals surface area contributed by atoms with E-state index in [1.54, 1.807) is 12.1 Å². The van der Waals surface area contributed by atoms with Gasteiger partial charge in [-0.05, 0) is 37.1 Å². The molecule has 0 fully saturated rings. The number of hydrogen-bond donors (Lipinski definition) is 1. The monoisotopic (exact) mass is 351 g/mol. The van der Waals surface area contributed by atoms with Crippen molar-refractivity contribution in [1.29, 1.82) is 0 Å². The van der Waals surface area contributed by atoms with E-state index in [-0.39, 0.29) is 5.56 Å². The minimum absolute atomic E-state index is 0.195. The first-order valence-corrected chi connectivity index (χ1v) is 8.13. The molecule has 2 rings (SSSR count). The molecular weight excluding hydrogens is 331 g/mol. The van der Waals surface area contributed by atoms with Crippen LogP contribution in [-0.4, -0.2) is 24.0 Å². The zero-order valence-electron chi connectivity index (χ0n) is 14.2. The van der Waals surface area contributed by atoms with Crippen molar-refractivity contribution in [2.75, 3.05) is 23.3 Å². The van der Waals surface area contributed by atoms with Crippen molar-refractivity contribution in [3.8, 4) is 0 Å². The van der Waals surface area contributed by atoms with E-state index in [4.69, 9.17) is 0 Å². The molecule has 1 aromatic carbocycles. The van der Waals surface area contributed by atoms with Crippen molar-refractivity contribution in [1.82, 2.24) is 4.98 Å². The Balaban J connectivity index is 2.14. The normalized spacial score (nSPS) is 10.6. The second kappa shape index (κ2) is 8.50. The number of carbonyl (C=O) groups excluding carboxylic acids is 1. The maximum absolute atomic E-state index is 13.6. The van der Waals surface area contributed by atoms with Crippen molar-refractivity contribution >= 4 is 17.4 Å². The highest BCUT2D eigenvalue weighted by Gasteiger charge is 2.16. The topological polar surface area (TPSA) is 45.2 Å². The van der Waals surface area contributed by atoms with Gasteiger partial charge in [0.1, 0.15) is 5.82 Å². The summed E-state index contributed by atoms with van der Waals surface area (Å²) in [5.74, 6) is -4.27. The Hall–Kier alpha value is -2.57. The molecule has 1 aromatic heterocycles. The average Bonchev–Trinajstić information content (AvgIpc) is 2.62. The molecule has 1 heterocycles. The van der Waals surface area contributed by atoms with Crippen LogP contribution in [0, 0.1) is 17.5 Å². The quantitative estimate of drug-likeness (QED) is 0.753. The van der Waals surface area contributed by atoms with E-state index in [9.17, 15) is 18.0 Å². The molecule has 7 heteroatoms. The van der Waals surface area contributed by atoms with Gasteiger partial charge in [0.05, 0.1) is 11.3 Å². The number of benzene rings is 1. The molecule has 0 radical (unpaired) electrons. The smallest absolute Gasteiger partial charge is 0.257 e. The molecule has 0 atom stereocenters. The number of pyridine rings is 1. The van der Waals surface area contributed by atoms with Crippen molar-refractivity contribution in [2.24, 2.45) is 0 Å². The summed E-state index contributed by atoms with van der Waals surface area (Å²) in [4.78, 5) is 18.5. The van der Waals surface area contributed by atoms with Crippen LogP contribution >= 0.6 is 0 Å². The first-order valence-electron chi connectivity index (χ1n) is 8.13. The van der Waals surface area contributed by atoms with Gasteiger partial charge in [-0.25, -0.2) is 18.2 Å². The third-order valence-electron chi connectivity index (χ3n) is 3.60. The molecule has 0 aliphatic carbocycles. The molecule has 0 unspecified atom stereocenters. The summed E-state index contributed by atoms with van der Waals surface area (Å²) in [6, 6.07) is 5.00. The summed E-state index contributed by atoms with van der Waals surface area (Å²) in [6.07, 6.45) is 3.32. The Bertz CT molecular complexity index is 729. The number of hydrogen-bond acceptors (Lipinski definition) is 3. The Kier molecular flexibility index (Phi) is 6.38. The number of nitrogens with zero attached hydrogens (tertiary/aromatic N) is 2. The first-order chi connectivity index (χ1) is 12.0. The number of amides is 1. The molecule has 0 bridgehead atoms. The van der Waals surface area contributed by atoms with Crippen molar-refractivity contribution in [3.63, 3.8) is 0 Å². The Labute approximate surface area is 144 Å². The lowest BCUT2D eigenvalue weighted by atomic mass is 10.2. The van der Waals surface area contributed by atoms with Crippen LogP contribution in [0.5, 0.6) is 0 Å². The third kappa shape index (κ3) is 4.49. The van der Waals surface area contributed by atoms with E-state index in [1.165, 1.54) is 6.20 Å². The number of halogens is 3. The van der Waals surface area contributed by atoms with E-state index >= 15 is 0 Å². The molecule has 2 aromatic rings. The van der Waals surface area contributed by atoms with Crippen LogP contribution in [0.1, 0.15) is 37.0 Å². The molecule has 134 valence electrons. The Morgan fingerprint density at radius 2 is 1.72 bits per heavy atom. The standard InChI is InChI=1S/C18H20F3N3O/c1-3-9-24(10-4-2)15-8-5-12(11-22-15)18(25)23-14-7-6-13(19)16(20)17(14)21/h5-8,11H,3-4,9-10H2,1-2H3,(H,23,25). The van der Waals surface area contributed by atoms with Gasteiger partial charge in [-0.3, -0.25) is 4.79 Å². The fraction of sp³-hybridized carbons (Fsp3) is 0.333. The number of anilines is 2. The third-order valence-corrected chi connectivity index (χ3v) is 3.60. The second-order valence-corrected chi connectivity index (χ2v) is 5.57.